The number of nitrogens with one attached hydrogen (secondary N) is 2. The number of rotatable bonds is 3. The second kappa shape index (κ2) is 8.23. The summed E-state index contributed by atoms with van der Waals surface area (Å²) in [5.74, 6) is 0.834. The lowest BCUT2D eigenvalue weighted by molar-refractivity contribution is 0.206. The summed E-state index contributed by atoms with van der Waals surface area (Å²) < 4.78 is 6.20. The van der Waals surface area contributed by atoms with Crippen LogP contribution in [0.1, 0.15) is 29.2 Å². The van der Waals surface area contributed by atoms with Crippen molar-refractivity contribution in [2.45, 2.75) is 19.4 Å². The summed E-state index contributed by atoms with van der Waals surface area (Å²) in [6.07, 6.45) is 0.594. The van der Waals surface area contributed by atoms with E-state index in [1.165, 1.54) is 5.56 Å². The number of anilines is 1. The molecule has 2 N–H and O–H groups in total. The highest BCUT2D eigenvalue weighted by Crippen LogP contribution is 2.34. The van der Waals surface area contributed by atoms with Crippen LogP contribution in [0, 0.1) is 6.92 Å². The Labute approximate surface area is 170 Å². The van der Waals surface area contributed by atoms with Crippen molar-refractivity contribution >= 4 is 28.7 Å². The molecule has 0 saturated carbocycles. The molecule has 1 unspecified atom stereocenters. The normalized spacial score (nSPS) is 16.8. The van der Waals surface area contributed by atoms with Gasteiger partial charge >= 0.3 is 0 Å². The Hall–Kier alpha value is -3.18. The molecule has 0 spiro atoms. The van der Waals surface area contributed by atoms with Gasteiger partial charge in [0, 0.05) is 17.7 Å². The predicted octanol–water partition coefficient (Wildman–Crippen LogP) is 5.21. The number of thiocarbonyl (C=S) groups is 1. The number of hydrazone groups is 1. The van der Waals surface area contributed by atoms with E-state index in [9.17, 15) is 0 Å². The first-order chi connectivity index (χ1) is 13.7. The molecule has 4 rings (SSSR count). The third-order valence-corrected chi connectivity index (χ3v) is 4.81. The van der Waals surface area contributed by atoms with Gasteiger partial charge in [-0.05, 0) is 49.0 Å². The molecule has 0 amide bonds. The second-order valence-corrected chi connectivity index (χ2v) is 7.12. The van der Waals surface area contributed by atoms with Gasteiger partial charge in [0.2, 0.25) is 0 Å². The Morgan fingerprint density at radius 3 is 2.46 bits per heavy atom. The van der Waals surface area contributed by atoms with E-state index >= 15 is 0 Å². The van der Waals surface area contributed by atoms with Gasteiger partial charge in [-0.15, -0.1) is 0 Å². The molecule has 0 aromatic heterocycles. The molecule has 3 aromatic carbocycles. The smallest absolute Gasteiger partial charge is 0.191 e. The lowest BCUT2D eigenvalue weighted by Gasteiger charge is -2.27. The number of hydrogen-bond acceptors (Lipinski definition) is 3. The van der Waals surface area contributed by atoms with Gasteiger partial charge in [0.25, 0.3) is 0 Å². The van der Waals surface area contributed by atoms with E-state index < -0.39 is 0 Å². The molecule has 3 aromatic rings. The Morgan fingerprint density at radius 2 is 1.68 bits per heavy atom. The summed E-state index contributed by atoms with van der Waals surface area (Å²) in [5, 5.41) is 8.21. The van der Waals surface area contributed by atoms with Gasteiger partial charge < -0.3 is 10.1 Å². The van der Waals surface area contributed by atoms with Gasteiger partial charge in [-0.1, -0.05) is 60.2 Å². The van der Waals surface area contributed by atoms with Crippen LogP contribution in [0.5, 0.6) is 5.75 Å². The van der Waals surface area contributed by atoms with Crippen molar-refractivity contribution in [2.75, 3.05) is 5.32 Å². The zero-order valence-corrected chi connectivity index (χ0v) is 16.4. The van der Waals surface area contributed by atoms with Gasteiger partial charge in [-0.25, -0.2) is 0 Å². The lowest BCUT2D eigenvalue weighted by Crippen LogP contribution is -2.28. The maximum atomic E-state index is 6.20. The maximum absolute atomic E-state index is 6.20. The monoisotopic (exact) mass is 387 g/mol. The summed E-state index contributed by atoms with van der Waals surface area (Å²) in [6.45, 7) is 2.05. The fourth-order valence-corrected chi connectivity index (χ4v) is 3.33. The van der Waals surface area contributed by atoms with Crippen LogP contribution in [0.3, 0.4) is 0 Å². The highest BCUT2D eigenvalue weighted by atomic mass is 32.1. The largest absolute Gasteiger partial charge is 0.485 e. The molecule has 1 aliphatic heterocycles. The number of aryl methyl sites for hydroxylation is 1. The van der Waals surface area contributed by atoms with Gasteiger partial charge in [0.1, 0.15) is 11.9 Å². The second-order valence-electron chi connectivity index (χ2n) is 6.71. The molecule has 1 aliphatic rings. The van der Waals surface area contributed by atoms with Crippen LogP contribution in [0.2, 0.25) is 0 Å². The summed E-state index contributed by atoms with van der Waals surface area (Å²) in [7, 11) is 0. The van der Waals surface area contributed by atoms with Crippen molar-refractivity contribution in [3.63, 3.8) is 0 Å². The molecule has 1 heterocycles. The van der Waals surface area contributed by atoms with E-state index in [0.717, 1.165) is 28.3 Å². The van der Waals surface area contributed by atoms with Crippen LogP contribution < -0.4 is 15.5 Å². The van der Waals surface area contributed by atoms with Gasteiger partial charge in [-0.3, -0.25) is 5.43 Å². The van der Waals surface area contributed by atoms with E-state index in [0.29, 0.717) is 11.5 Å². The van der Waals surface area contributed by atoms with Crippen molar-refractivity contribution < 1.29 is 4.74 Å². The van der Waals surface area contributed by atoms with E-state index in [4.69, 9.17) is 17.0 Å². The average Bonchev–Trinajstić information content (AvgIpc) is 2.74. The number of nitrogens with zero attached hydrogens (tertiary/aromatic N) is 1. The molecule has 0 aliphatic carbocycles. The van der Waals surface area contributed by atoms with Gasteiger partial charge in [0.15, 0.2) is 5.11 Å². The van der Waals surface area contributed by atoms with Gasteiger partial charge in [-0.2, -0.15) is 5.10 Å². The predicted molar refractivity (Wildman–Crippen MR) is 118 cm³/mol. The van der Waals surface area contributed by atoms with E-state index in [2.05, 4.69) is 34.9 Å². The fourth-order valence-electron chi connectivity index (χ4n) is 3.16. The maximum Gasteiger partial charge on any atom is 0.191 e. The molecule has 28 heavy (non-hydrogen) atoms. The molecule has 0 saturated heterocycles. The van der Waals surface area contributed by atoms with Crippen molar-refractivity contribution in [1.29, 1.82) is 0 Å². The number of benzene rings is 3. The third kappa shape index (κ3) is 4.21. The van der Waals surface area contributed by atoms with Crippen LogP contribution in [0.4, 0.5) is 5.69 Å². The van der Waals surface area contributed by atoms with Crippen LogP contribution >= 0.6 is 12.2 Å². The molecular weight excluding hydrogens is 366 g/mol. The average molecular weight is 388 g/mol. The van der Waals surface area contributed by atoms with Crippen molar-refractivity contribution in [3.05, 3.63) is 95.6 Å². The quantitative estimate of drug-likeness (QED) is 0.478. The number of fused-ring (bicyclic) bond motifs is 1. The first-order valence-electron chi connectivity index (χ1n) is 9.20. The lowest BCUT2D eigenvalue weighted by atomic mass is 9.96. The fraction of sp³-hybridized carbons (Fsp3) is 0.130. The number of ether oxygens (including phenoxy) is 1. The first kappa shape index (κ1) is 18.2. The van der Waals surface area contributed by atoms with Crippen LogP contribution in [0.25, 0.3) is 0 Å². The highest BCUT2D eigenvalue weighted by Gasteiger charge is 2.26. The Bertz CT molecular complexity index is 1000. The van der Waals surface area contributed by atoms with Crippen LogP contribution in [0.15, 0.2) is 84.0 Å². The number of para-hydroxylation sites is 1. The zero-order valence-electron chi connectivity index (χ0n) is 15.6. The highest BCUT2D eigenvalue weighted by molar-refractivity contribution is 7.80. The Balaban J connectivity index is 1.53. The molecule has 0 bridgehead atoms. The van der Waals surface area contributed by atoms with Crippen molar-refractivity contribution in [3.8, 4) is 5.75 Å². The summed E-state index contributed by atoms with van der Waals surface area (Å²) in [5.41, 5.74) is 8.15. The zero-order chi connectivity index (χ0) is 19.3. The third-order valence-electron chi connectivity index (χ3n) is 4.62. The first-order valence-corrected chi connectivity index (χ1v) is 9.61. The SMILES string of the molecule is Cc1ccc(NC(=S)N/N=C2/CC(c3ccccc3)Oc3ccccc32)cc1. The molecule has 4 nitrogen and oxygen atoms in total. The molecule has 1 atom stereocenters. The van der Waals surface area contributed by atoms with E-state index in [1.54, 1.807) is 0 Å². The molecule has 0 fully saturated rings. The molecular formula is C23H21N3OS. The Morgan fingerprint density at radius 1 is 0.964 bits per heavy atom. The molecule has 0 radical (unpaired) electrons. The van der Waals surface area contributed by atoms with Gasteiger partial charge in [0.05, 0.1) is 5.71 Å². The standard InChI is InChI=1S/C23H21N3OS/c1-16-11-13-18(14-12-16)24-23(28)26-25-20-15-22(17-7-3-2-4-8-17)27-21-10-6-5-9-19(20)21/h2-14,22H,15H2,1H3,(H2,24,26,28)/b25-20-. The van der Waals surface area contributed by atoms with E-state index in [1.807, 2.05) is 66.7 Å². The van der Waals surface area contributed by atoms with Crippen LogP contribution in [-0.4, -0.2) is 10.8 Å². The minimum absolute atomic E-state index is 0.0738. The Kier molecular flexibility index (Phi) is 5.35. The summed E-state index contributed by atoms with van der Waals surface area (Å²) in [4.78, 5) is 0. The molecule has 5 heteroatoms. The van der Waals surface area contributed by atoms with Crippen LogP contribution in [-0.2, 0) is 0 Å². The minimum Gasteiger partial charge on any atom is -0.485 e. The van der Waals surface area contributed by atoms with Crippen molar-refractivity contribution in [2.24, 2.45) is 5.10 Å². The van der Waals surface area contributed by atoms with E-state index in [-0.39, 0.29) is 6.10 Å². The minimum atomic E-state index is -0.0738. The molecule has 140 valence electrons. The summed E-state index contributed by atoms with van der Waals surface area (Å²) >= 11 is 5.40. The topological polar surface area (TPSA) is 45.7 Å². The summed E-state index contributed by atoms with van der Waals surface area (Å²) in [6, 6.07) is 26.2. The number of hydrogen-bond donors (Lipinski definition) is 2. The van der Waals surface area contributed by atoms with Crippen molar-refractivity contribution in [1.82, 2.24) is 5.43 Å².